The molecule has 26 heavy (non-hydrogen) atoms. The summed E-state index contributed by atoms with van der Waals surface area (Å²) in [4.78, 5) is 15.2. The van der Waals surface area contributed by atoms with Crippen LogP contribution in [0.3, 0.4) is 0 Å². The molecule has 1 unspecified atom stereocenters. The second-order valence-corrected chi connectivity index (χ2v) is 6.48. The molecule has 0 aliphatic carbocycles. The predicted molar refractivity (Wildman–Crippen MR) is 101 cm³/mol. The van der Waals surface area contributed by atoms with Gasteiger partial charge in [0.05, 0.1) is 25.9 Å². The molecule has 1 amide bonds. The Morgan fingerprint density at radius 1 is 1.15 bits per heavy atom. The summed E-state index contributed by atoms with van der Waals surface area (Å²) in [5.74, 6) is -0.0648. The van der Waals surface area contributed by atoms with Gasteiger partial charge in [-0.2, -0.15) is 0 Å². The molecular weight excluding hydrogens is 328 g/mol. The van der Waals surface area contributed by atoms with Gasteiger partial charge in [-0.1, -0.05) is 42.5 Å². The molecule has 3 rings (SSSR count). The minimum atomic E-state index is -0.0648. The number of amides is 1. The van der Waals surface area contributed by atoms with Gasteiger partial charge in [-0.05, 0) is 23.3 Å². The quantitative estimate of drug-likeness (QED) is 0.830. The van der Waals surface area contributed by atoms with Crippen molar-refractivity contribution >= 4 is 5.91 Å². The lowest BCUT2D eigenvalue weighted by atomic mass is 10.0. The number of nitrogens with one attached hydrogen (secondary N) is 1. The van der Waals surface area contributed by atoms with E-state index in [0.717, 1.165) is 44.0 Å². The Hall–Kier alpha value is -2.21. The fraction of sp³-hybridized carbons (Fsp3) is 0.381. The van der Waals surface area contributed by atoms with Crippen molar-refractivity contribution in [2.24, 2.45) is 0 Å². The molecule has 1 atom stereocenters. The molecule has 5 nitrogen and oxygen atoms in total. The summed E-state index contributed by atoms with van der Waals surface area (Å²) in [6, 6.07) is 17.6. The summed E-state index contributed by atoms with van der Waals surface area (Å²) >= 11 is 0. The Morgan fingerprint density at radius 2 is 1.92 bits per heavy atom. The molecule has 1 aliphatic heterocycles. The number of nitrogens with zero attached hydrogens (tertiary/aromatic N) is 1. The normalized spacial score (nSPS) is 16.2. The zero-order valence-corrected chi connectivity index (χ0v) is 15.2. The summed E-state index contributed by atoms with van der Waals surface area (Å²) in [5, 5.41) is 3.20. The maximum absolute atomic E-state index is 12.8. The van der Waals surface area contributed by atoms with Crippen LogP contribution in [0.1, 0.15) is 27.5 Å². The maximum Gasteiger partial charge on any atom is 0.251 e. The lowest BCUT2D eigenvalue weighted by Crippen LogP contribution is -2.43. The number of hydrogen-bond donors (Lipinski definition) is 1. The van der Waals surface area contributed by atoms with Crippen LogP contribution in [0, 0.1) is 0 Å². The van der Waals surface area contributed by atoms with Gasteiger partial charge in [-0.25, -0.2) is 0 Å². The summed E-state index contributed by atoms with van der Waals surface area (Å²) in [6.45, 7) is 4.54. The Bertz CT molecular complexity index is 699. The van der Waals surface area contributed by atoms with Crippen LogP contribution in [-0.4, -0.2) is 50.8 Å². The molecule has 1 aliphatic rings. The van der Waals surface area contributed by atoms with E-state index in [0.29, 0.717) is 12.2 Å². The van der Waals surface area contributed by atoms with Gasteiger partial charge >= 0.3 is 0 Å². The number of morpholine rings is 1. The lowest BCUT2D eigenvalue weighted by molar-refractivity contribution is 0.0332. The highest BCUT2D eigenvalue weighted by molar-refractivity contribution is 5.94. The van der Waals surface area contributed by atoms with E-state index >= 15 is 0 Å². The first-order chi connectivity index (χ1) is 12.8. The number of methoxy groups -OCH3 is 1. The molecule has 1 saturated heterocycles. The Labute approximate surface area is 154 Å². The number of ether oxygens (including phenoxy) is 2. The van der Waals surface area contributed by atoms with Crippen molar-refractivity contribution in [1.29, 1.82) is 0 Å². The van der Waals surface area contributed by atoms with Crippen molar-refractivity contribution < 1.29 is 14.3 Å². The van der Waals surface area contributed by atoms with Gasteiger partial charge in [0.2, 0.25) is 0 Å². The topological polar surface area (TPSA) is 50.8 Å². The van der Waals surface area contributed by atoms with Crippen LogP contribution >= 0.6 is 0 Å². The van der Waals surface area contributed by atoms with Crippen molar-refractivity contribution in [3.8, 4) is 0 Å². The molecule has 0 aromatic heterocycles. The van der Waals surface area contributed by atoms with Crippen molar-refractivity contribution in [2.75, 3.05) is 40.0 Å². The fourth-order valence-corrected chi connectivity index (χ4v) is 3.17. The van der Waals surface area contributed by atoms with Crippen LogP contribution < -0.4 is 5.32 Å². The van der Waals surface area contributed by atoms with Crippen molar-refractivity contribution in [2.45, 2.75) is 12.6 Å². The van der Waals surface area contributed by atoms with Crippen LogP contribution in [0.5, 0.6) is 0 Å². The average Bonchev–Trinajstić information content (AvgIpc) is 2.69. The third-order valence-electron chi connectivity index (χ3n) is 4.55. The third-order valence-corrected chi connectivity index (χ3v) is 4.55. The molecular formula is C21H26N2O3. The largest absolute Gasteiger partial charge is 0.380 e. The van der Waals surface area contributed by atoms with E-state index in [1.54, 1.807) is 7.11 Å². The van der Waals surface area contributed by atoms with Crippen LogP contribution in [0.2, 0.25) is 0 Å². The molecule has 2 aromatic carbocycles. The molecule has 0 spiro atoms. The highest BCUT2D eigenvalue weighted by Gasteiger charge is 2.20. The van der Waals surface area contributed by atoms with Gasteiger partial charge in [0.25, 0.3) is 5.91 Å². The molecule has 1 N–H and O–H groups in total. The number of carbonyl (C=O) groups is 1. The second-order valence-electron chi connectivity index (χ2n) is 6.48. The number of carbonyl (C=O) groups excluding carboxylic acids is 1. The van der Waals surface area contributed by atoms with E-state index < -0.39 is 0 Å². The summed E-state index contributed by atoms with van der Waals surface area (Å²) in [7, 11) is 1.65. The third kappa shape index (κ3) is 5.14. The second kappa shape index (κ2) is 9.48. The molecule has 138 valence electrons. The van der Waals surface area contributed by atoms with E-state index in [2.05, 4.69) is 22.3 Å². The minimum absolute atomic E-state index is 0.0621. The average molecular weight is 354 g/mol. The first-order valence-corrected chi connectivity index (χ1v) is 9.00. The van der Waals surface area contributed by atoms with Gasteiger partial charge in [0.15, 0.2) is 0 Å². The molecule has 1 heterocycles. The smallest absolute Gasteiger partial charge is 0.251 e. The zero-order chi connectivity index (χ0) is 18.2. The standard InChI is InChI=1S/C21H26N2O3/c1-25-16-17-6-5-9-19(14-17)21(24)22-20(18-7-3-2-4-8-18)15-23-10-12-26-13-11-23/h2-9,14,20H,10-13,15-16H2,1H3,(H,22,24). The molecule has 2 aromatic rings. The Balaban J connectivity index is 1.74. The van der Waals surface area contributed by atoms with E-state index in [4.69, 9.17) is 9.47 Å². The van der Waals surface area contributed by atoms with E-state index in [1.807, 2.05) is 42.5 Å². The first-order valence-electron chi connectivity index (χ1n) is 9.00. The maximum atomic E-state index is 12.8. The number of hydrogen-bond acceptors (Lipinski definition) is 4. The number of rotatable bonds is 7. The zero-order valence-electron chi connectivity index (χ0n) is 15.2. The minimum Gasteiger partial charge on any atom is -0.380 e. The fourth-order valence-electron chi connectivity index (χ4n) is 3.17. The van der Waals surface area contributed by atoms with Crippen LogP contribution in [-0.2, 0) is 16.1 Å². The van der Waals surface area contributed by atoms with E-state index in [-0.39, 0.29) is 11.9 Å². The van der Waals surface area contributed by atoms with Crippen molar-refractivity contribution in [1.82, 2.24) is 10.2 Å². The van der Waals surface area contributed by atoms with E-state index in [9.17, 15) is 4.79 Å². The Morgan fingerprint density at radius 3 is 2.65 bits per heavy atom. The van der Waals surface area contributed by atoms with Crippen molar-refractivity contribution in [3.05, 3.63) is 71.3 Å². The number of benzene rings is 2. The van der Waals surface area contributed by atoms with Gasteiger partial charge in [-0.3, -0.25) is 9.69 Å². The monoisotopic (exact) mass is 354 g/mol. The first kappa shape index (κ1) is 18.6. The summed E-state index contributed by atoms with van der Waals surface area (Å²) in [6.07, 6.45) is 0. The van der Waals surface area contributed by atoms with Gasteiger partial charge in [0, 0.05) is 32.3 Å². The van der Waals surface area contributed by atoms with Gasteiger partial charge < -0.3 is 14.8 Å². The Kier molecular flexibility index (Phi) is 6.77. The van der Waals surface area contributed by atoms with Crippen LogP contribution in [0.15, 0.2) is 54.6 Å². The lowest BCUT2D eigenvalue weighted by Gasteiger charge is -2.31. The molecule has 0 radical (unpaired) electrons. The highest BCUT2D eigenvalue weighted by Crippen LogP contribution is 2.17. The van der Waals surface area contributed by atoms with Gasteiger partial charge in [-0.15, -0.1) is 0 Å². The van der Waals surface area contributed by atoms with Crippen molar-refractivity contribution in [3.63, 3.8) is 0 Å². The van der Waals surface area contributed by atoms with E-state index in [1.165, 1.54) is 0 Å². The molecule has 0 saturated carbocycles. The van der Waals surface area contributed by atoms with Crippen LogP contribution in [0.25, 0.3) is 0 Å². The summed E-state index contributed by atoms with van der Waals surface area (Å²) in [5.41, 5.74) is 2.76. The van der Waals surface area contributed by atoms with Crippen LogP contribution in [0.4, 0.5) is 0 Å². The summed E-state index contributed by atoms with van der Waals surface area (Å²) < 4.78 is 10.6. The SMILES string of the molecule is COCc1cccc(C(=O)NC(CN2CCOCC2)c2ccccc2)c1. The molecule has 1 fully saturated rings. The predicted octanol–water partition coefficient (Wildman–Crippen LogP) is 2.64. The highest BCUT2D eigenvalue weighted by atomic mass is 16.5. The molecule has 0 bridgehead atoms. The molecule has 5 heteroatoms. The van der Waals surface area contributed by atoms with Gasteiger partial charge in [0.1, 0.15) is 0 Å².